The van der Waals surface area contributed by atoms with Crippen LogP contribution >= 0.6 is 22.9 Å². The molecule has 1 saturated heterocycles. The van der Waals surface area contributed by atoms with Crippen molar-refractivity contribution in [2.24, 2.45) is 5.92 Å². The van der Waals surface area contributed by atoms with Crippen molar-refractivity contribution in [3.05, 3.63) is 21.3 Å². The van der Waals surface area contributed by atoms with Gasteiger partial charge in [-0.15, -0.1) is 11.3 Å². The van der Waals surface area contributed by atoms with E-state index in [4.69, 9.17) is 16.7 Å². The normalized spacial score (nSPS) is 22.0. The predicted molar refractivity (Wildman–Crippen MR) is 77.6 cm³/mol. The number of amides is 2. The molecule has 2 rings (SSSR count). The van der Waals surface area contributed by atoms with Gasteiger partial charge in [0.25, 0.3) is 5.91 Å². The highest BCUT2D eigenvalue weighted by Crippen LogP contribution is 2.21. The van der Waals surface area contributed by atoms with E-state index in [0.29, 0.717) is 28.8 Å². The molecule has 6 nitrogen and oxygen atoms in total. The van der Waals surface area contributed by atoms with Gasteiger partial charge in [0.2, 0.25) is 0 Å². The molecule has 1 aliphatic heterocycles. The third-order valence-electron chi connectivity index (χ3n) is 3.40. The maximum Gasteiger partial charge on any atom is 0.407 e. The number of nitrogens with one attached hydrogen (secondary N) is 2. The number of nitrogens with zero attached hydrogens (tertiary/aromatic N) is 1. The molecule has 0 saturated carbocycles. The topological polar surface area (TPSA) is 81.7 Å². The van der Waals surface area contributed by atoms with Gasteiger partial charge in [0, 0.05) is 31.6 Å². The molecule has 1 fully saturated rings. The number of carbonyl (C=O) groups is 2. The zero-order valence-electron chi connectivity index (χ0n) is 10.9. The van der Waals surface area contributed by atoms with Crippen molar-refractivity contribution >= 4 is 34.9 Å². The van der Waals surface area contributed by atoms with Gasteiger partial charge in [-0.25, -0.2) is 4.79 Å². The average molecular weight is 318 g/mol. The second-order valence-electron chi connectivity index (χ2n) is 4.66. The maximum atomic E-state index is 11.9. The molecule has 1 aromatic heterocycles. The zero-order chi connectivity index (χ0) is 14.7. The number of hydrogen-bond acceptors (Lipinski definition) is 4. The Morgan fingerprint density at radius 3 is 2.80 bits per heavy atom. The molecule has 2 unspecified atom stereocenters. The first kappa shape index (κ1) is 15.1. The second-order valence-corrected chi connectivity index (χ2v) is 6.37. The van der Waals surface area contributed by atoms with Gasteiger partial charge < -0.3 is 20.6 Å². The van der Waals surface area contributed by atoms with Crippen LogP contribution in [0.25, 0.3) is 0 Å². The highest BCUT2D eigenvalue weighted by atomic mass is 35.5. The summed E-state index contributed by atoms with van der Waals surface area (Å²) in [6.07, 6.45) is -0.927. The van der Waals surface area contributed by atoms with Crippen LogP contribution in [-0.2, 0) is 0 Å². The Morgan fingerprint density at radius 1 is 1.50 bits per heavy atom. The maximum absolute atomic E-state index is 11.9. The minimum Gasteiger partial charge on any atom is -0.465 e. The van der Waals surface area contributed by atoms with Gasteiger partial charge in [-0.2, -0.15) is 0 Å². The van der Waals surface area contributed by atoms with Crippen molar-refractivity contribution in [2.75, 3.05) is 26.7 Å². The fourth-order valence-corrected chi connectivity index (χ4v) is 3.27. The van der Waals surface area contributed by atoms with E-state index in [1.165, 1.54) is 16.2 Å². The summed E-state index contributed by atoms with van der Waals surface area (Å²) in [6.45, 7) is 1.30. The quantitative estimate of drug-likeness (QED) is 0.782. The van der Waals surface area contributed by atoms with E-state index in [0.717, 1.165) is 0 Å². The molecule has 1 aliphatic rings. The van der Waals surface area contributed by atoms with Crippen LogP contribution in [0.15, 0.2) is 12.1 Å². The molecule has 0 radical (unpaired) electrons. The predicted octanol–water partition coefficient (Wildman–Crippen LogP) is 1.33. The average Bonchev–Trinajstić information content (AvgIpc) is 3.01. The zero-order valence-corrected chi connectivity index (χ0v) is 12.5. The molecule has 2 atom stereocenters. The lowest BCUT2D eigenvalue weighted by Gasteiger charge is -2.17. The first-order chi connectivity index (χ1) is 9.51. The molecular weight excluding hydrogens is 302 g/mol. The molecule has 8 heteroatoms. The first-order valence-corrected chi connectivity index (χ1v) is 7.39. The molecule has 0 aromatic carbocycles. The first-order valence-electron chi connectivity index (χ1n) is 6.20. The van der Waals surface area contributed by atoms with Gasteiger partial charge in [-0.05, 0) is 19.2 Å². The van der Waals surface area contributed by atoms with Crippen LogP contribution in [0, 0.1) is 5.92 Å². The highest BCUT2D eigenvalue weighted by molar-refractivity contribution is 7.17. The molecule has 0 bridgehead atoms. The van der Waals surface area contributed by atoms with Crippen LogP contribution in [-0.4, -0.2) is 54.7 Å². The Labute approximate surface area is 125 Å². The van der Waals surface area contributed by atoms with Crippen LogP contribution in [0.3, 0.4) is 0 Å². The summed E-state index contributed by atoms with van der Waals surface area (Å²) in [7, 11) is 1.80. The summed E-state index contributed by atoms with van der Waals surface area (Å²) < 4.78 is 0.571. The van der Waals surface area contributed by atoms with Crippen LogP contribution in [0.2, 0.25) is 4.34 Å². The Hall–Kier alpha value is -1.31. The van der Waals surface area contributed by atoms with E-state index < -0.39 is 6.09 Å². The highest BCUT2D eigenvalue weighted by Gasteiger charge is 2.34. The minimum absolute atomic E-state index is 0.0540. The lowest BCUT2D eigenvalue weighted by atomic mass is 10.0. The summed E-state index contributed by atoms with van der Waals surface area (Å²) >= 11 is 7.01. The molecule has 0 aliphatic carbocycles. The van der Waals surface area contributed by atoms with E-state index in [-0.39, 0.29) is 17.9 Å². The van der Waals surface area contributed by atoms with Crippen molar-refractivity contribution in [1.82, 2.24) is 15.5 Å². The van der Waals surface area contributed by atoms with Gasteiger partial charge in [0.15, 0.2) is 0 Å². The molecule has 1 aromatic rings. The molecule has 20 heavy (non-hydrogen) atoms. The smallest absolute Gasteiger partial charge is 0.407 e. The Balaban J connectivity index is 1.89. The summed E-state index contributed by atoms with van der Waals surface area (Å²) in [5.41, 5.74) is 0. The summed E-state index contributed by atoms with van der Waals surface area (Å²) in [5.74, 6) is -0.110. The van der Waals surface area contributed by atoms with E-state index in [2.05, 4.69) is 10.6 Å². The number of likely N-dealkylation sites (tertiary alicyclic amines) is 1. The third kappa shape index (κ3) is 3.41. The SMILES string of the molecule is CNC1CN(C(=O)O)CC1CNC(=O)c1ccc(Cl)s1. The van der Waals surface area contributed by atoms with Crippen molar-refractivity contribution in [1.29, 1.82) is 0 Å². The van der Waals surface area contributed by atoms with Gasteiger partial charge in [-0.3, -0.25) is 4.79 Å². The molecule has 2 amide bonds. The second kappa shape index (κ2) is 6.43. The van der Waals surface area contributed by atoms with Gasteiger partial charge >= 0.3 is 6.09 Å². The number of hydrogen-bond donors (Lipinski definition) is 3. The minimum atomic E-state index is -0.927. The Kier molecular flexibility index (Phi) is 4.85. The van der Waals surface area contributed by atoms with E-state index >= 15 is 0 Å². The number of carbonyl (C=O) groups excluding carboxylic acids is 1. The number of carboxylic acid groups (broad SMARTS) is 1. The van der Waals surface area contributed by atoms with E-state index in [1.54, 1.807) is 19.2 Å². The Bertz CT molecular complexity index is 508. The largest absolute Gasteiger partial charge is 0.465 e. The van der Waals surface area contributed by atoms with Crippen molar-refractivity contribution in [3.63, 3.8) is 0 Å². The summed E-state index contributed by atoms with van der Waals surface area (Å²) in [5, 5.41) is 14.9. The van der Waals surface area contributed by atoms with Crippen molar-refractivity contribution < 1.29 is 14.7 Å². The number of likely N-dealkylation sites (N-methyl/N-ethyl adjacent to an activating group) is 1. The standard InChI is InChI=1S/C12H16ClN3O3S/c1-14-8-6-16(12(18)19)5-7(8)4-15-11(17)9-2-3-10(13)20-9/h2-3,7-8,14H,4-6H2,1H3,(H,15,17)(H,18,19). The van der Waals surface area contributed by atoms with Gasteiger partial charge in [0.05, 0.1) is 9.21 Å². The molecule has 0 spiro atoms. The van der Waals surface area contributed by atoms with Crippen LogP contribution in [0.1, 0.15) is 9.67 Å². The lowest BCUT2D eigenvalue weighted by Crippen LogP contribution is -2.40. The molecular formula is C12H16ClN3O3S. The number of thiophene rings is 1. The van der Waals surface area contributed by atoms with Crippen molar-refractivity contribution in [2.45, 2.75) is 6.04 Å². The molecule has 3 N–H and O–H groups in total. The monoisotopic (exact) mass is 317 g/mol. The van der Waals surface area contributed by atoms with Gasteiger partial charge in [-0.1, -0.05) is 11.6 Å². The molecule has 2 heterocycles. The fraction of sp³-hybridized carbons (Fsp3) is 0.500. The molecule has 110 valence electrons. The van der Waals surface area contributed by atoms with Crippen LogP contribution < -0.4 is 10.6 Å². The Morgan fingerprint density at radius 2 is 2.25 bits per heavy atom. The van der Waals surface area contributed by atoms with E-state index in [1.807, 2.05) is 0 Å². The number of halogens is 1. The van der Waals surface area contributed by atoms with Crippen LogP contribution in [0.4, 0.5) is 4.79 Å². The summed E-state index contributed by atoms with van der Waals surface area (Å²) in [4.78, 5) is 24.8. The number of rotatable bonds is 4. The summed E-state index contributed by atoms with van der Waals surface area (Å²) in [6, 6.07) is 3.41. The van der Waals surface area contributed by atoms with Gasteiger partial charge in [0.1, 0.15) is 0 Å². The van der Waals surface area contributed by atoms with Crippen molar-refractivity contribution in [3.8, 4) is 0 Å². The van der Waals surface area contributed by atoms with E-state index in [9.17, 15) is 9.59 Å². The van der Waals surface area contributed by atoms with Crippen LogP contribution in [0.5, 0.6) is 0 Å². The third-order valence-corrected chi connectivity index (χ3v) is 4.63. The fourth-order valence-electron chi connectivity index (χ4n) is 2.31. The lowest BCUT2D eigenvalue weighted by molar-refractivity contribution is 0.0950.